The number of hydrogen-bond acceptors (Lipinski definition) is 4. The van der Waals surface area contributed by atoms with Crippen LogP contribution in [0.4, 0.5) is 9.52 Å². The molecule has 0 spiro atoms. The number of aromatic nitrogens is 3. The molecule has 6 heteroatoms. The number of nitrogens with zero attached hydrogens (tertiary/aromatic N) is 3. The summed E-state index contributed by atoms with van der Waals surface area (Å²) in [7, 11) is 0. The smallest absolute Gasteiger partial charge is 0.180 e. The Hall–Kier alpha value is -1.95. The van der Waals surface area contributed by atoms with Crippen LogP contribution in [-0.2, 0) is 6.54 Å². The molecule has 2 N–H and O–H groups in total. The Morgan fingerprint density at radius 3 is 2.80 bits per heavy atom. The third-order valence-corrected chi connectivity index (χ3v) is 4.18. The zero-order valence-electron chi connectivity index (χ0n) is 11.4. The van der Waals surface area contributed by atoms with E-state index in [0.717, 1.165) is 34.9 Å². The molecule has 0 aliphatic rings. The largest absolute Gasteiger partial charge is 0.375 e. The van der Waals surface area contributed by atoms with Crippen LogP contribution < -0.4 is 5.73 Å². The Bertz CT molecular complexity index is 775. The highest BCUT2D eigenvalue weighted by Crippen LogP contribution is 2.33. The minimum absolute atomic E-state index is 0.297. The highest BCUT2D eigenvalue weighted by molar-refractivity contribution is 7.18. The molecular formula is C14H15FN4S. The van der Waals surface area contributed by atoms with Crippen molar-refractivity contribution in [2.45, 2.75) is 26.8 Å². The molecule has 104 valence electrons. The number of fused-ring (bicyclic) bond motifs is 1. The molecule has 0 radical (unpaired) electrons. The maximum atomic E-state index is 13.9. The molecule has 3 rings (SSSR count). The first-order valence-corrected chi connectivity index (χ1v) is 7.31. The third-order valence-electron chi connectivity index (χ3n) is 3.19. The molecule has 0 fully saturated rings. The molecule has 0 bridgehead atoms. The number of aryl methyl sites for hydroxylation is 2. The number of nitrogen functional groups attached to an aromatic ring is 1. The van der Waals surface area contributed by atoms with Gasteiger partial charge < -0.3 is 10.3 Å². The van der Waals surface area contributed by atoms with Gasteiger partial charge in [-0.25, -0.2) is 14.4 Å². The van der Waals surface area contributed by atoms with Gasteiger partial charge >= 0.3 is 0 Å². The Balaban J connectivity index is 2.32. The van der Waals surface area contributed by atoms with E-state index < -0.39 is 0 Å². The summed E-state index contributed by atoms with van der Waals surface area (Å²) >= 11 is 1.39. The minimum atomic E-state index is -0.297. The van der Waals surface area contributed by atoms with Crippen LogP contribution >= 0.6 is 11.3 Å². The van der Waals surface area contributed by atoms with Crippen LogP contribution in [0.1, 0.15) is 19.0 Å². The first-order chi connectivity index (χ1) is 9.61. The molecule has 4 nitrogen and oxygen atoms in total. The first-order valence-electron chi connectivity index (χ1n) is 6.49. The van der Waals surface area contributed by atoms with Crippen molar-refractivity contribution in [1.82, 2.24) is 14.5 Å². The van der Waals surface area contributed by atoms with Gasteiger partial charge in [0.1, 0.15) is 5.52 Å². The number of rotatable bonds is 3. The fourth-order valence-corrected chi connectivity index (χ4v) is 3.19. The van der Waals surface area contributed by atoms with Gasteiger partial charge in [-0.3, -0.25) is 0 Å². The number of benzene rings is 1. The number of thiazole rings is 1. The SMILES string of the molecule is CCCn1c(-c2sc(N)nc2C)nc2c(F)cccc21. The molecule has 20 heavy (non-hydrogen) atoms. The number of hydrogen-bond donors (Lipinski definition) is 1. The summed E-state index contributed by atoms with van der Waals surface area (Å²) < 4.78 is 16.0. The van der Waals surface area contributed by atoms with Crippen molar-refractivity contribution in [2.75, 3.05) is 5.73 Å². The summed E-state index contributed by atoms with van der Waals surface area (Å²) in [5.74, 6) is 0.451. The van der Waals surface area contributed by atoms with Crippen LogP contribution in [0.15, 0.2) is 18.2 Å². The van der Waals surface area contributed by atoms with E-state index in [-0.39, 0.29) is 5.82 Å². The van der Waals surface area contributed by atoms with Crippen molar-refractivity contribution < 1.29 is 4.39 Å². The van der Waals surface area contributed by atoms with E-state index in [4.69, 9.17) is 5.73 Å². The maximum absolute atomic E-state index is 13.9. The van der Waals surface area contributed by atoms with E-state index in [1.54, 1.807) is 6.07 Å². The molecule has 1 aromatic carbocycles. The van der Waals surface area contributed by atoms with Crippen LogP contribution in [0.3, 0.4) is 0 Å². The molecule has 2 aromatic heterocycles. The zero-order valence-corrected chi connectivity index (χ0v) is 12.2. The monoisotopic (exact) mass is 290 g/mol. The van der Waals surface area contributed by atoms with Crippen LogP contribution in [0.2, 0.25) is 0 Å². The van der Waals surface area contributed by atoms with Gasteiger partial charge in [-0.1, -0.05) is 24.3 Å². The molecule has 2 heterocycles. The van der Waals surface area contributed by atoms with Gasteiger partial charge in [-0.15, -0.1) is 0 Å². The Morgan fingerprint density at radius 1 is 1.35 bits per heavy atom. The van der Waals surface area contributed by atoms with Crippen molar-refractivity contribution in [3.8, 4) is 10.7 Å². The third kappa shape index (κ3) is 1.96. The topological polar surface area (TPSA) is 56.7 Å². The van der Waals surface area contributed by atoms with E-state index in [0.29, 0.717) is 10.6 Å². The summed E-state index contributed by atoms with van der Waals surface area (Å²) in [6.07, 6.45) is 0.947. The second-order valence-electron chi connectivity index (χ2n) is 4.66. The van der Waals surface area contributed by atoms with Gasteiger partial charge in [0, 0.05) is 6.54 Å². The number of nitrogens with two attached hydrogens (primary N) is 1. The molecule has 0 aliphatic heterocycles. The van der Waals surface area contributed by atoms with Crippen LogP contribution in [-0.4, -0.2) is 14.5 Å². The van der Waals surface area contributed by atoms with Crippen molar-refractivity contribution in [3.05, 3.63) is 29.7 Å². The quantitative estimate of drug-likeness (QED) is 0.802. The van der Waals surface area contributed by atoms with Gasteiger partial charge in [-0.05, 0) is 25.5 Å². The standard InChI is InChI=1S/C14H15FN4S/c1-3-7-19-10-6-4-5-9(15)11(10)18-13(19)12-8(2)17-14(16)20-12/h4-6H,3,7H2,1-2H3,(H2,16,17). The predicted molar refractivity (Wildman–Crippen MR) is 80.2 cm³/mol. The van der Waals surface area contributed by atoms with E-state index in [2.05, 4.69) is 16.9 Å². The average Bonchev–Trinajstić information content (AvgIpc) is 2.92. The molecule has 0 atom stereocenters. The number of para-hydroxylation sites is 1. The average molecular weight is 290 g/mol. The number of halogens is 1. The van der Waals surface area contributed by atoms with E-state index in [1.165, 1.54) is 17.4 Å². The van der Waals surface area contributed by atoms with Crippen molar-refractivity contribution in [1.29, 1.82) is 0 Å². The minimum Gasteiger partial charge on any atom is -0.375 e. The highest BCUT2D eigenvalue weighted by Gasteiger charge is 2.18. The van der Waals surface area contributed by atoms with Crippen molar-refractivity contribution >= 4 is 27.5 Å². The summed E-state index contributed by atoms with van der Waals surface area (Å²) in [5, 5.41) is 0.507. The molecular weight excluding hydrogens is 275 g/mol. The Morgan fingerprint density at radius 2 is 2.15 bits per heavy atom. The molecule has 0 aliphatic carbocycles. The lowest BCUT2D eigenvalue weighted by atomic mass is 10.3. The lowest BCUT2D eigenvalue weighted by molar-refractivity contribution is 0.637. The fourth-order valence-electron chi connectivity index (χ4n) is 2.36. The lowest BCUT2D eigenvalue weighted by Gasteiger charge is -2.06. The van der Waals surface area contributed by atoms with E-state index in [1.807, 2.05) is 17.6 Å². The second kappa shape index (κ2) is 4.86. The summed E-state index contributed by atoms with van der Waals surface area (Å²) in [4.78, 5) is 9.62. The van der Waals surface area contributed by atoms with Gasteiger partial charge in [-0.2, -0.15) is 0 Å². The van der Waals surface area contributed by atoms with Crippen LogP contribution in [0, 0.1) is 12.7 Å². The highest BCUT2D eigenvalue weighted by atomic mass is 32.1. The molecule has 0 saturated carbocycles. The first kappa shape index (κ1) is 13.1. The summed E-state index contributed by atoms with van der Waals surface area (Å²) in [5.41, 5.74) is 7.81. The van der Waals surface area contributed by atoms with Gasteiger partial charge in [0.25, 0.3) is 0 Å². The molecule has 0 unspecified atom stereocenters. The molecule has 0 saturated heterocycles. The summed E-state index contributed by atoms with van der Waals surface area (Å²) in [6, 6.07) is 5.04. The Kier molecular flexibility index (Phi) is 3.17. The van der Waals surface area contributed by atoms with E-state index in [9.17, 15) is 4.39 Å². The van der Waals surface area contributed by atoms with E-state index >= 15 is 0 Å². The van der Waals surface area contributed by atoms with Crippen molar-refractivity contribution in [3.63, 3.8) is 0 Å². The maximum Gasteiger partial charge on any atom is 0.180 e. The van der Waals surface area contributed by atoms with Gasteiger partial charge in [0.2, 0.25) is 0 Å². The number of imidazole rings is 1. The van der Waals surface area contributed by atoms with Gasteiger partial charge in [0.05, 0.1) is 16.1 Å². The van der Waals surface area contributed by atoms with Gasteiger partial charge in [0.15, 0.2) is 16.8 Å². The molecule has 3 aromatic rings. The summed E-state index contributed by atoms with van der Waals surface area (Å²) in [6.45, 7) is 4.77. The van der Waals surface area contributed by atoms with Crippen LogP contribution in [0.25, 0.3) is 21.7 Å². The van der Waals surface area contributed by atoms with Crippen molar-refractivity contribution in [2.24, 2.45) is 0 Å². The fraction of sp³-hybridized carbons (Fsp3) is 0.286. The number of anilines is 1. The zero-order chi connectivity index (χ0) is 14.3. The lowest BCUT2D eigenvalue weighted by Crippen LogP contribution is -1.99. The Labute approximate surface area is 120 Å². The van der Waals surface area contributed by atoms with Crippen LogP contribution in [0.5, 0.6) is 0 Å². The second-order valence-corrected chi connectivity index (χ2v) is 5.69. The predicted octanol–water partition coefficient (Wildman–Crippen LogP) is 3.60. The molecule has 0 amide bonds. The normalized spacial score (nSPS) is 11.3.